The van der Waals surface area contributed by atoms with Crippen LogP contribution in [0.1, 0.15) is 43.9 Å². The van der Waals surface area contributed by atoms with E-state index in [4.69, 9.17) is 5.73 Å². The monoisotopic (exact) mass is 289 g/mol. The first-order chi connectivity index (χ1) is 10.0. The maximum atomic E-state index is 6.40. The SMILES string of the molecule is CCC1CN(C)CCCN1C(c1cccc(C)c1)C(C)N. The Labute approximate surface area is 130 Å². The quantitative estimate of drug-likeness (QED) is 0.925. The smallest absolute Gasteiger partial charge is 0.0500 e. The molecule has 1 saturated heterocycles. The Morgan fingerprint density at radius 2 is 2.10 bits per heavy atom. The van der Waals surface area contributed by atoms with E-state index in [0.717, 1.165) is 13.1 Å². The predicted octanol–water partition coefficient (Wildman–Crippen LogP) is 2.80. The number of benzene rings is 1. The Balaban J connectivity index is 2.31. The van der Waals surface area contributed by atoms with Crippen molar-refractivity contribution in [3.05, 3.63) is 35.4 Å². The molecule has 0 radical (unpaired) electrons. The van der Waals surface area contributed by atoms with Crippen molar-refractivity contribution in [1.29, 1.82) is 0 Å². The van der Waals surface area contributed by atoms with Gasteiger partial charge in [0.25, 0.3) is 0 Å². The highest BCUT2D eigenvalue weighted by Crippen LogP contribution is 2.29. The zero-order chi connectivity index (χ0) is 15.4. The molecule has 1 fully saturated rings. The molecule has 3 nitrogen and oxygen atoms in total. The lowest BCUT2D eigenvalue weighted by Gasteiger charge is -2.39. The van der Waals surface area contributed by atoms with E-state index in [2.05, 4.69) is 61.9 Å². The molecule has 0 saturated carbocycles. The zero-order valence-electron chi connectivity index (χ0n) is 14.0. The maximum Gasteiger partial charge on any atom is 0.0500 e. The molecule has 0 spiro atoms. The molecule has 1 aromatic carbocycles. The second-order valence-corrected chi connectivity index (χ2v) is 6.63. The van der Waals surface area contributed by atoms with Gasteiger partial charge in [0.1, 0.15) is 0 Å². The summed E-state index contributed by atoms with van der Waals surface area (Å²) >= 11 is 0. The van der Waals surface area contributed by atoms with E-state index in [0.29, 0.717) is 12.1 Å². The van der Waals surface area contributed by atoms with Gasteiger partial charge in [0, 0.05) is 31.2 Å². The van der Waals surface area contributed by atoms with E-state index in [-0.39, 0.29) is 6.04 Å². The molecular weight excluding hydrogens is 258 g/mol. The average Bonchev–Trinajstić information content (AvgIpc) is 2.61. The minimum atomic E-state index is 0.143. The number of aryl methyl sites for hydroxylation is 1. The average molecular weight is 289 g/mol. The molecule has 1 heterocycles. The molecular formula is C18H31N3. The van der Waals surface area contributed by atoms with Gasteiger partial charge in [-0.1, -0.05) is 36.8 Å². The number of likely N-dealkylation sites (N-methyl/N-ethyl adjacent to an activating group) is 1. The highest BCUT2D eigenvalue weighted by atomic mass is 15.3. The largest absolute Gasteiger partial charge is 0.326 e. The summed E-state index contributed by atoms with van der Waals surface area (Å²) in [6, 6.07) is 9.91. The lowest BCUT2D eigenvalue weighted by Crippen LogP contribution is -2.47. The summed E-state index contributed by atoms with van der Waals surface area (Å²) in [6.07, 6.45) is 2.40. The molecule has 3 unspecified atom stereocenters. The Morgan fingerprint density at radius 3 is 2.71 bits per heavy atom. The summed E-state index contributed by atoms with van der Waals surface area (Å²) in [5, 5.41) is 0. The van der Waals surface area contributed by atoms with E-state index in [1.807, 2.05) is 0 Å². The van der Waals surface area contributed by atoms with Gasteiger partial charge in [0.15, 0.2) is 0 Å². The summed E-state index contributed by atoms with van der Waals surface area (Å²) in [4.78, 5) is 5.12. The number of nitrogens with zero attached hydrogens (tertiary/aromatic N) is 2. The molecule has 3 atom stereocenters. The van der Waals surface area contributed by atoms with Crippen molar-refractivity contribution in [2.24, 2.45) is 5.73 Å². The molecule has 21 heavy (non-hydrogen) atoms. The number of hydrogen-bond donors (Lipinski definition) is 1. The lowest BCUT2D eigenvalue weighted by molar-refractivity contribution is 0.113. The standard InChI is InChI=1S/C18H31N3/c1-5-17-13-20(4)10-7-11-21(17)18(15(3)19)16-9-6-8-14(2)12-16/h6,8-9,12,15,17-18H,5,7,10-11,13,19H2,1-4H3. The van der Waals surface area contributed by atoms with Gasteiger partial charge in [-0.05, 0) is 45.8 Å². The number of hydrogen-bond acceptors (Lipinski definition) is 3. The van der Waals surface area contributed by atoms with Crippen molar-refractivity contribution in [3.8, 4) is 0 Å². The van der Waals surface area contributed by atoms with Crippen LogP contribution in [0.15, 0.2) is 24.3 Å². The third kappa shape index (κ3) is 4.06. The molecule has 0 bridgehead atoms. The van der Waals surface area contributed by atoms with E-state index < -0.39 is 0 Å². The van der Waals surface area contributed by atoms with E-state index in [9.17, 15) is 0 Å². The van der Waals surface area contributed by atoms with Crippen LogP contribution in [-0.4, -0.2) is 48.6 Å². The zero-order valence-corrected chi connectivity index (χ0v) is 14.0. The minimum Gasteiger partial charge on any atom is -0.326 e. The topological polar surface area (TPSA) is 32.5 Å². The van der Waals surface area contributed by atoms with Crippen LogP contribution in [0, 0.1) is 6.92 Å². The van der Waals surface area contributed by atoms with Gasteiger partial charge in [0.2, 0.25) is 0 Å². The van der Waals surface area contributed by atoms with Crippen LogP contribution in [0.5, 0.6) is 0 Å². The van der Waals surface area contributed by atoms with Crippen molar-refractivity contribution in [1.82, 2.24) is 9.80 Å². The molecule has 2 N–H and O–H groups in total. The van der Waals surface area contributed by atoms with Crippen molar-refractivity contribution in [2.45, 2.75) is 51.7 Å². The molecule has 2 rings (SSSR count). The molecule has 1 aliphatic rings. The molecule has 3 heteroatoms. The Kier molecular flexibility index (Phi) is 5.80. The molecule has 0 aliphatic carbocycles. The fourth-order valence-corrected chi connectivity index (χ4v) is 3.64. The molecule has 0 aromatic heterocycles. The van der Waals surface area contributed by atoms with Crippen LogP contribution in [0.2, 0.25) is 0 Å². The summed E-state index contributed by atoms with van der Waals surface area (Å²) in [5.41, 5.74) is 9.08. The highest BCUT2D eigenvalue weighted by molar-refractivity contribution is 5.26. The Morgan fingerprint density at radius 1 is 1.33 bits per heavy atom. The number of rotatable bonds is 4. The Hall–Kier alpha value is -0.900. The maximum absolute atomic E-state index is 6.40. The Bertz CT molecular complexity index is 444. The lowest BCUT2D eigenvalue weighted by atomic mass is 9.95. The second-order valence-electron chi connectivity index (χ2n) is 6.63. The summed E-state index contributed by atoms with van der Waals surface area (Å²) in [6.45, 7) is 10.1. The molecule has 0 amide bonds. The van der Waals surface area contributed by atoms with Crippen molar-refractivity contribution in [3.63, 3.8) is 0 Å². The van der Waals surface area contributed by atoms with Gasteiger partial charge >= 0.3 is 0 Å². The van der Waals surface area contributed by atoms with Crippen molar-refractivity contribution < 1.29 is 0 Å². The van der Waals surface area contributed by atoms with Crippen LogP contribution < -0.4 is 5.73 Å². The van der Waals surface area contributed by atoms with E-state index in [1.54, 1.807) is 0 Å². The van der Waals surface area contributed by atoms with Crippen molar-refractivity contribution in [2.75, 3.05) is 26.7 Å². The van der Waals surface area contributed by atoms with Gasteiger partial charge in [0.05, 0.1) is 0 Å². The van der Waals surface area contributed by atoms with Gasteiger partial charge < -0.3 is 10.6 Å². The normalized spacial score (nSPS) is 24.5. The first-order valence-corrected chi connectivity index (χ1v) is 8.29. The summed E-state index contributed by atoms with van der Waals surface area (Å²) in [5.74, 6) is 0. The van der Waals surface area contributed by atoms with E-state index >= 15 is 0 Å². The third-order valence-corrected chi connectivity index (χ3v) is 4.66. The summed E-state index contributed by atoms with van der Waals surface area (Å²) < 4.78 is 0. The highest BCUT2D eigenvalue weighted by Gasteiger charge is 2.31. The minimum absolute atomic E-state index is 0.143. The molecule has 1 aliphatic heterocycles. The predicted molar refractivity (Wildman–Crippen MR) is 90.5 cm³/mol. The fourth-order valence-electron chi connectivity index (χ4n) is 3.64. The second kappa shape index (κ2) is 7.39. The third-order valence-electron chi connectivity index (χ3n) is 4.66. The number of nitrogens with two attached hydrogens (primary N) is 1. The van der Waals surface area contributed by atoms with Crippen LogP contribution in [0.4, 0.5) is 0 Å². The fraction of sp³-hybridized carbons (Fsp3) is 0.667. The van der Waals surface area contributed by atoms with Crippen LogP contribution in [-0.2, 0) is 0 Å². The van der Waals surface area contributed by atoms with Crippen LogP contribution >= 0.6 is 0 Å². The van der Waals surface area contributed by atoms with Crippen LogP contribution in [0.3, 0.4) is 0 Å². The van der Waals surface area contributed by atoms with Crippen molar-refractivity contribution >= 4 is 0 Å². The van der Waals surface area contributed by atoms with Gasteiger partial charge in [-0.3, -0.25) is 4.90 Å². The van der Waals surface area contributed by atoms with Crippen LogP contribution in [0.25, 0.3) is 0 Å². The van der Waals surface area contributed by atoms with Gasteiger partial charge in [-0.2, -0.15) is 0 Å². The molecule has 118 valence electrons. The van der Waals surface area contributed by atoms with Gasteiger partial charge in [-0.25, -0.2) is 0 Å². The first kappa shape index (κ1) is 16.5. The first-order valence-electron chi connectivity index (χ1n) is 8.29. The van der Waals surface area contributed by atoms with Gasteiger partial charge in [-0.15, -0.1) is 0 Å². The summed E-state index contributed by atoms with van der Waals surface area (Å²) in [7, 11) is 2.24. The molecule has 1 aromatic rings. The van der Waals surface area contributed by atoms with E-state index in [1.165, 1.54) is 30.5 Å².